The third-order valence-electron chi connectivity index (χ3n) is 5.49. The summed E-state index contributed by atoms with van der Waals surface area (Å²) in [7, 11) is 0. The molecule has 4 aromatic rings. The molecule has 0 aliphatic carbocycles. The van der Waals surface area contributed by atoms with Crippen LogP contribution in [0, 0.1) is 0 Å². The Balaban J connectivity index is 1.38. The van der Waals surface area contributed by atoms with Crippen molar-refractivity contribution in [1.82, 2.24) is 20.9 Å². The second-order valence-corrected chi connectivity index (χ2v) is 8.10. The Morgan fingerprint density at radius 2 is 1.55 bits per heavy atom. The topological polar surface area (TPSA) is 86.0 Å². The molecule has 4 rings (SSSR count). The number of hydrogen-bond donors (Lipinski definition) is 4. The quantitative estimate of drug-likeness (QED) is 0.310. The van der Waals surface area contributed by atoms with Crippen molar-refractivity contribution in [3.05, 3.63) is 107 Å². The van der Waals surface area contributed by atoms with Crippen molar-refractivity contribution >= 4 is 34.4 Å². The highest BCUT2D eigenvalue weighted by molar-refractivity contribution is 6.31. The summed E-state index contributed by atoms with van der Waals surface area (Å²) in [6, 6.07) is 24.8. The number of halogens is 1. The van der Waals surface area contributed by atoms with Gasteiger partial charge in [0.2, 0.25) is 5.91 Å². The molecule has 0 aliphatic rings. The summed E-state index contributed by atoms with van der Waals surface area (Å²) in [6.07, 6.45) is 1.96. The maximum absolute atomic E-state index is 12.5. The predicted molar refractivity (Wildman–Crippen MR) is 131 cm³/mol. The Hall–Kier alpha value is -3.77. The molecule has 3 aromatic carbocycles. The number of para-hydroxylation sites is 1. The van der Waals surface area contributed by atoms with Crippen LogP contribution in [-0.2, 0) is 11.3 Å². The second kappa shape index (κ2) is 10.7. The number of aromatic amines is 1. The van der Waals surface area contributed by atoms with E-state index in [9.17, 15) is 9.59 Å². The standard InChI is InChI=1S/C26H25ClN4O2/c27-23-12-6-4-10-19(23)21(22-15-28-24-13-7-5-11-20(22)24)16-29-25(32)17-31-26(33)30-14-18-8-2-1-3-9-18/h1-13,15,21,28H,14,16-17H2,(H,29,32)(H2,30,31,33). The number of rotatable bonds is 8. The molecular formula is C26H25ClN4O2. The van der Waals surface area contributed by atoms with Gasteiger partial charge in [-0.3, -0.25) is 4.79 Å². The first-order valence-electron chi connectivity index (χ1n) is 10.7. The van der Waals surface area contributed by atoms with Crippen LogP contribution in [0.3, 0.4) is 0 Å². The molecule has 168 valence electrons. The predicted octanol–water partition coefficient (Wildman–Crippen LogP) is 4.57. The van der Waals surface area contributed by atoms with Gasteiger partial charge in [-0.15, -0.1) is 0 Å². The van der Waals surface area contributed by atoms with Gasteiger partial charge >= 0.3 is 6.03 Å². The summed E-state index contributed by atoms with van der Waals surface area (Å²) in [5.74, 6) is -0.424. The van der Waals surface area contributed by atoms with Gasteiger partial charge in [0.15, 0.2) is 0 Å². The summed E-state index contributed by atoms with van der Waals surface area (Å²) >= 11 is 6.50. The van der Waals surface area contributed by atoms with E-state index in [4.69, 9.17) is 11.6 Å². The van der Waals surface area contributed by atoms with Crippen LogP contribution in [0.2, 0.25) is 5.02 Å². The largest absolute Gasteiger partial charge is 0.361 e. The first kappa shape index (κ1) is 22.4. The molecule has 4 N–H and O–H groups in total. The zero-order valence-corrected chi connectivity index (χ0v) is 18.7. The van der Waals surface area contributed by atoms with Crippen molar-refractivity contribution in [2.24, 2.45) is 0 Å². The fraction of sp³-hybridized carbons (Fsp3) is 0.154. The molecule has 7 heteroatoms. The van der Waals surface area contributed by atoms with E-state index in [-0.39, 0.29) is 18.4 Å². The average molecular weight is 461 g/mol. The van der Waals surface area contributed by atoms with Crippen molar-refractivity contribution in [2.45, 2.75) is 12.5 Å². The van der Waals surface area contributed by atoms with Crippen LogP contribution in [0.15, 0.2) is 85.1 Å². The molecule has 1 atom stereocenters. The zero-order chi connectivity index (χ0) is 23.0. The molecule has 0 spiro atoms. The highest BCUT2D eigenvalue weighted by atomic mass is 35.5. The number of aromatic nitrogens is 1. The van der Waals surface area contributed by atoms with Crippen LogP contribution in [0.5, 0.6) is 0 Å². The SMILES string of the molecule is O=C(CNC(=O)NCc1ccccc1)NCC(c1ccccc1Cl)c1c[nH]c2ccccc12. The van der Waals surface area contributed by atoms with Gasteiger partial charge in [-0.25, -0.2) is 4.79 Å². The van der Waals surface area contributed by atoms with Crippen molar-refractivity contribution in [3.63, 3.8) is 0 Å². The number of carbonyl (C=O) groups excluding carboxylic acids is 2. The van der Waals surface area contributed by atoms with Gasteiger partial charge in [-0.2, -0.15) is 0 Å². The Morgan fingerprint density at radius 1 is 0.818 bits per heavy atom. The minimum atomic E-state index is -0.395. The van der Waals surface area contributed by atoms with E-state index in [1.807, 2.05) is 85.1 Å². The van der Waals surface area contributed by atoms with E-state index < -0.39 is 6.03 Å². The second-order valence-electron chi connectivity index (χ2n) is 7.69. The van der Waals surface area contributed by atoms with E-state index in [2.05, 4.69) is 20.9 Å². The lowest BCUT2D eigenvalue weighted by Crippen LogP contribution is -2.42. The highest BCUT2D eigenvalue weighted by Crippen LogP contribution is 2.33. The maximum atomic E-state index is 12.5. The third kappa shape index (κ3) is 5.73. The van der Waals surface area contributed by atoms with Crippen molar-refractivity contribution < 1.29 is 9.59 Å². The van der Waals surface area contributed by atoms with E-state index in [1.165, 1.54) is 0 Å². The lowest BCUT2D eigenvalue weighted by molar-refractivity contribution is -0.120. The van der Waals surface area contributed by atoms with Gasteiger partial charge in [0.05, 0.1) is 6.54 Å². The number of fused-ring (bicyclic) bond motifs is 1. The molecule has 0 fully saturated rings. The third-order valence-corrected chi connectivity index (χ3v) is 5.83. The van der Waals surface area contributed by atoms with Crippen molar-refractivity contribution in [2.75, 3.05) is 13.1 Å². The lowest BCUT2D eigenvalue weighted by atomic mass is 9.90. The van der Waals surface area contributed by atoms with Crippen LogP contribution in [0.25, 0.3) is 10.9 Å². The molecule has 1 unspecified atom stereocenters. The van der Waals surface area contributed by atoms with E-state index >= 15 is 0 Å². The van der Waals surface area contributed by atoms with Crippen LogP contribution >= 0.6 is 11.6 Å². The Labute approximate surface area is 197 Å². The maximum Gasteiger partial charge on any atom is 0.315 e. The minimum absolute atomic E-state index is 0.121. The van der Waals surface area contributed by atoms with Crippen LogP contribution in [0.4, 0.5) is 4.79 Å². The van der Waals surface area contributed by atoms with Crippen LogP contribution in [-0.4, -0.2) is 30.0 Å². The normalized spacial score (nSPS) is 11.7. The molecule has 3 amide bonds. The number of benzene rings is 3. The number of H-pyrrole nitrogens is 1. The summed E-state index contributed by atoms with van der Waals surface area (Å²) < 4.78 is 0. The molecule has 0 saturated heterocycles. The van der Waals surface area contributed by atoms with Crippen molar-refractivity contribution in [1.29, 1.82) is 0 Å². The van der Waals surface area contributed by atoms with E-state index in [1.54, 1.807) is 0 Å². The molecule has 1 aromatic heterocycles. The lowest BCUT2D eigenvalue weighted by Gasteiger charge is -2.19. The summed E-state index contributed by atoms with van der Waals surface area (Å²) in [5, 5.41) is 10.00. The molecule has 6 nitrogen and oxygen atoms in total. The Morgan fingerprint density at radius 3 is 2.36 bits per heavy atom. The Bertz CT molecular complexity index is 1240. The van der Waals surface area contributed by atoms with Gasteiger partial charge in [0.25, 0.3) is 0 Å². The number of hydrogen-bond acceptors (Lipinski definition) is 2. The monoisotopic (exact) mass is 460 g/mol. The average Bonchev–Trinajstić information content (AvgIpc) is 3.27. The first-order chi connectivity index (χ1) is 16.1. The fourth-order valence-electron chi connectivity index (χ4n) is 3.81. The molecular weight excluding hydrogens is 436 g/mol. The highest BCUT2D eigenvalue weighted by Gasteiger charge is 2.21. The Kier molecular flexibility index (Phi) is 7.27. The van der Waals surface area contributed by atoms with Gasteiger partial charge in [-0.1, -0.05) is 78.3 Å². The van der Waals surface area contributed by atoms with Gasteiger partial charge in [-0.05, 0) is 28.8 Å². The molecule has 1 heterocycles. The molecule has 0 bridgehead atoms. The summed E-state index contributed by atoms with van der Waals surface area (Å²) in [5.41, 5.74) is 3.98. The zero-order valence-electron chi connectivity index (χ0n) is 18.0. The smallest absolute Gasteiger partial charge is 0.315 e. The van der Waals surface area contributed by atoms with Crippen molar-refractivity contribution in [3.8, 4) is 0 Å². The van der Waals surface area contributed by atoms with Gasteiger partial charge < -0.3 is 20.9 Å². The van der Waals surface area contributed by atoms with Gasteiger partial charge in [0.1, 0.15) is 0 Å². The van der Waals surface area contributed by atoms with E-state index in [0.29, 0.717) is 18.1 Å². The molecule has 0 saturated carbocycles. The van der Waals surface area contributed by atoms with Crippen LogP contribution in [0.1, 0.15) is 22.6 Å². The molecule has 0 radical (unpaired) electrons. The molecule has 0 aliphatic heterocycles. The number of urea groups is 1. The number of nitrogens with one attached hydrogen (secondary N) is 4. The van der Waals surface area contributed by atoms with Crippen LogP contribution < -0.4 is 16.0 Å². The van der Waals surface area contributed by atoms with E-state index in [0.717, 1.165) is 27.6 Å². The summed E-state index contributed by atoms with van der Waals surface area (Å²) in [6.45, 7) is 0.616. The fourth-order valence-corrected chi connectivity index (χ4v) is 4.07. The van der Waals surface area contributed by atoms with Gasteiger partial charge in [0, 0.05) is 41.1 Å². The first-order valence-corrected chi connectivity index (χ1v) is 11.1. The number of amides is 3. The number of carbonyl (C=O) groups is 2. The molecule has 33 heavy (non-hydrogen) atoms. The summed E-state index contributed by atoms with van der Waals surface area (Å²) in [4.78, 5) is 27.8. The minimum Gasteiger partial charge on any atom is -0.361 e.